The summed E-state index contributed by atoms with van der Waals surface area (Å²) >= 11 is 1.75. The van der Waals surface area contributed by atoms with Crippen molar-refractivity contribution < 1.29 is 0 Å². The number of aromatic nitrogens is 2. The fourth-order valence-corrected chi connectivity index (χ4v) is 2.14. The van der Waals surface area contributed by atoms with E-state index in [9.17, 15) is 0 Å². The number of imidazole rings is 1. The Morgan fingerprint density at radius 3 is 3.50 bits per heavy atom. The molecule has 0 radical (unpaired) electrons. The average molecular weight is 148 g/mol. The fraction of sp³-hybridized carbons (Fsp3) is 0. The van der Waals surface area contributed by atoms with Gasteiger partial charge in [0, 0.05) is 11.6 Å². The Bertz CT molecular complexity index is 364. The Kier molecular flexibility index (Phi) is 0.619. The molecule has 0 bridgehead atoms. The molecule has 10 heavy (non-hydrogen) atoms. The summed E-state index contributed by atoms with van der Waals surface area (Å²) in [6.45, 7) is 0. The molecule has 3 aromatic heterocycles. The Morgan fingerprint density at radius 1 is 1.50 bits per heavy atom. The van der Waals surface area contributed by atoms with Crippen LogP contribution < -0.4 is 0 Å². The van der Waals surface area contributed by atoms with Crippen LogP contribution >= 0.6 is 11.3 Å². The van der Waals surface area contributed by atoms with Crippen molar-refractivity contribution in [3.05, 3.63) is 24.0 Å². The molecule has 3 heterocycles. The topological polar surface area (TPSA) is 17.3 Å². The molecule has 0 unspecified atom stereocenters. The van der Waals surface area contributed by atoms with E-state index in [0.29, 0.717) is 0 Å². The molecular weight excluding hydrogens is 144 g/mol. The van der Waals surface area contributed by atoms with Crippen LogP contribution in [0, 0.1) is 0 Å². The lowest BCUT2D eigenvalue weighted by molar-refractivity contribution is 1.18. The second-order valence-electron chi connectivity index (χ2n) is 2.30. The van der Waals surface area contributed by atoms with Gasteiger partial charge in [0.2, 0.25) is 0 Å². The number of hydrogen-bond acceptors (Lipinski definition) is 2. The highest BCUT2D eigenvalue weighted by Gasteiger charge is 2.05. The van der Waals surface area contributed by atoms with Crippen molar-refractivity contribution in [1.82, 2.24) is 9.38 Å². The van der Waals surface area contributed by atoms with Crippen molar-refractivity contribution in [3.8, 4) is 0 Å². The van der Waals surface area contributed by atoms with E-state index in [1.165, 1.54) is 10.2 Å². The van der Waals surface area contributed by atoms with Gasteiger partial charge >= 0.3 is 0 Å². The Balaban J connectivity index is 2.92. The minimum absolute atomic E-state index is 1.12. The summed E-state index contributed by atoms with van der Waals surface area (Å²) in [6.07, 6.45) is 3.89. The van der Waals surface area contributed by atoms with Gasteiger partial charge in [-0.15, -0.1) is 11.3 Å². The molecule has 3 heteroatoms. The van der Waals surface area contributed by atoms with Crippen LogP contribution in [0.3, 0.4) is 0 Å². The second kappa shape index (κ2) is 1.32. The highest BCUT2D eigenvalue weighted by atomic mass is 32.1. The Morgan fingerprint density at radius 2 is 2.50 bits per heavy atom. The summed E-state index contributed by atoms with van der Waals surface area (Å²) in [4.78, 5) is 4.21. The van der Waals surface area contributed by atoms with E-state index in [1.54, 1.807) is 11.3 Å². The van der Waals surface area contributed by atoms with Gasteiger partial charge in [0.15, 0.2) is 0 Å². The van der Waals surface area contributed by atoms with E-state index in [-0.39, 0.29) is 0 Å². The molecule has 0 saturated carbocycles. The van der Waals surface area contributed by atoms with E-state index in [2.05, 4.69) is 20.8 Å². The van der Waals surface area contributed by atoms with Gasteiger partial charge in [0.05, 0.1) is 16.5 Å². The first-order valence-corrected chi connectivity index (χ1v) is 3.95. The molecule has 48 valence electrons. The summed E-state index contributed by atoms with van der Waals surface area (Å²) in [5, 5.41) is 2.09. The van der Waals surface area contributed by atoms with Crippen LogP contribution in [-0.4, -0.2) is 9.38 Å². The number of nitrogens with zero attached hydrogens (tertiary/aromatic N) is 2. The summed E-state index contributed by atoms with van der Waals surface area (Å²) in [5.74, 6) is 0. The maximum absolute atomic E-state index is 4.21. The zero-order valence-electron chi connectivity index (χ0n) is 5.11. The normalized spacial score (nSPS) is 12.0. The van der Waals surface area contributed by atoms with E-state index >= 15 is 0 Å². The van der Waals surface area contributed by atoms with Gasteiger partial charge < -0.3 is 4.40 Å². The molecule has 0 aromatic carbocycles. The van der Waals surface area contributed by atoms with Crippen molar-refractivity contribution >= 4 is 27.1 Å². The quantitative estimate of drug-likeness (QED) is 0.476. The third-order valence-electron chi connectivity index (χ3n) is 1.74. The minimum atomic E-state index is 1.12. The van der Waals surface area contributed by atoms with Gasteiger partial charge in [-0.25, -0.2) is 4.98 Å². The highest BCUT2D eigenvalue weighted by molar-refractivity contribution is 7.18. The van der Waals surface area contributed by atoms with Crippen molar-refractivity contribution in [2.24, 2.45) is 0 Å². The monoisotopic (exact) mass is 148 g/mol. The van der Waals surface area contributed by atoms with Crippen LogP contribution in [0.2, 0.25) is 0 Å². The van der Waals surface area contributed by atoms with Crippen LogP contribution in [0.4, 0.5) is 0 Å². The first-order chi connectivity index (χ1) is 4.95. The molecule has 0 amide bonds. The van der Waals surface area contributed by atoms with Gasteiger partial charge in [-0.1, -0.05) is 0 Å². The average Bonchev–Trinajstić information content (AvgIpc) is 2.56. The van der Waals surface area contributed by atoms with Gasteiger partial charge in [-0.3, -0.25) is 0 Å². The Hall–Kier alpha value is -1.09. The lowest BCUT2D eigenvalue weighted by Gasteiger charge is -1.74. The number of hydrogen-bond donors (Lipinski definition) is 0. The molecule has 0 aliphatic carbocycles. The molecule has 0 N–H and O–H groups in total. The highest BCUT2D eigenvalue weighted by Crippen LogP contribution is 2.26. The minimum Gasteiger partial charge on any atom is -0.304 e. The third-order valence-corrected chi connectivity index (χ3v) is 2.66. The summed E-state index contributed by atoms with van der Waals surface area (Å²) in [5.41, 5.74) is 2.38. The molecule has 0 aliphatic rings. The second-order valence-corrected chi connectivity index (χ2v) is 3.21. The molecule has 3 aromatic rings. The molecule has 0 atom stereocenters. The molecule has 0 spiro atoms. The Labute approximate surface area is 61.1 Å². The zero-order valence-corrected chi connectivity index (χ0v) is 5.93. The van der Waals surface area contributed by atoms with Crippen LogP contribution in [0.25, 0.3) is 15.7 Å². The smallest absolute Gasteiger partial charge is 0.100 e. The SMILES string of the molecule is c1sc2ccn3cnc1c23. The van der Waals surface area contributed by atoms with E-state index in [1.807, 2.05) is 12.5 Å². The van der Waals surface area contributed by atoms with Crippen LogP contribution in [0.5, 0.6) is 0 Å². The van der Waals surface area contributed by atoms with Gasteiger partial charge in [0.1, 0.15) is 5.52 Å². The maximum Gasteiger partial charge on any atom is 0.100 e. The summed E-state index contributed by atoms with van der Waals surface area (Å²) < 4.78 is 3.38. The summed E-state index contributed by atoms with van der Waals surface area (Å²) in [6, 6.07) is 2.12. The van der Waals surface area contributed by atoms with E-state index in [4.69, 9.17) is 0 Å². The molecule has 0 fully saturated rings. The van der Waals surface area contributed by atoms with Gasteiger partial charge in [0.25, 0.3) is 0 Å². The fourth-order valence-electron chi connectivity index (χ4n) is 1.27. The van der Waals surface area contributed by atoms with Crippen LogP contribution in [-0.2, 0) is 0 Å². The van der Waals surface area contributed by atoms with Crippen molar-refractivity contribution in [3.63, 3.8) is 0 Å². The van der Waals surface area contributed by atoms with Crippen molar-refractivity contribution in [2.75, 3.05) is 0 Å². The van der Waals surface area contributed by atoms with Crippen molar-refractivity contribution in [1.29, 1.82) is 0 Å². The maximum atomic E-state index is 4.21. The molecule has 0 saturated heterocycles. The molecule has 3 rings (SSSR count). The first kappa shape index (κ1) is 4.68. The molecular formula is C7H4N2S. The zero-order chi connectivity index (χ0) is 6.55. The van der Waals surface area contributed by atoms with Gasteiger partial charge in [-0.05, 0) is 6.07 Å². The lowest BCUT2D eigenvalue weighted by atomic mass is 10.5. The van der Waals surface area contributed by atoms with Gasteiger partial charge in [-0.2, -0.15) is 0 Å². The predicted molar refractivity (Wildman–Crippen MR) is 41.8 cm³/mol. The first-order valence-electron chi connectivity index (χ1n) is 3.07. The number of rotatable bonds is 0. The lowest BCUT2D eigenvalue weighted by Crippen LogP contribution is -1.66. The summed E-state index contributed by atoms with van der Waals surface area (Å²) in [7, 11) is 0. The third kappa shape index (κ3) is 0.360. The molecule has 2 nitrogen and oxygen atoms in total. The number of thiophene rings is 1. The molecule has 0 aliphatic heterocycles. The van der Waals surface area contributed by atoms with E-state index in [0.717, 1.165) is 5.52 Å². The van der Waals surface area contributed by atoms with E-state index < -0.39 is 0 Å². The van der Waals surface area contributed by atoms with Crippen molar-refractivity contribution in [2.45, 2.75) is 0 Å². The van der Waals surface area contributed by atoms with Crippen LogP contribution in [0.15, 0.2) is 24.0 Å². The predicted octanol–water partition coefficient (Wildman–Crippen LogP) is 1.99. The largest absolute Gasteiger partial charge is 0.304 e. The standard InChI is InChI=1S/C7H4N2S/c1-2-9-4-8-5-3-10-6(1)7(5)9/h1-4H. The van der Waals surface area contributed by atoms with Crippen LogP contribution in [0.1, 0.15) is 0 Å².